The summed E-state index contributed by atoms with van der Waals surface area (Å²) in [4.78, 5) is 39.9. The molecule has 0 radical (unpaired) electrons. The third-order valence-electron chi connectivity index (χ3n) is 6.13. The number of hydrogen-bond donors (Lipinski definition) is 1. The number of anilines is 1. The van der Waals surface area contributed by atoms with Crippen LogP contribution in [0.3, 0.4) is 0 Å². The average molecular weight is 421 g/mol. The Kier molecular flexibility index (Phi) is 6.04. The minimum absolute atomic E-state index is 0.112. The highest BCUT2D eigenvalue weighted by Crippen LogP contribution is 2.25. The van der Waals surface area contributed by atoms with Gasteiger partial charge < -0.3 is 10.1 Å². The fraction of sp³-hybridized carbons (Fsp3) is 0.375. The molecular weight excluding hydrogens is 394 g/mol. The van der Waals surface area contributed by atoms with Crippen LogP contribution in [0.1, 0.15) is 39.1 Å². The molecule has 2 aromatic carbocycles. The number of methoxy groups -OCH3 is 1. The second-order valence-corrected chi connectivity index (χ2v) is 8.25. The summed E-state index contributed by atoms with van der Waals surface area (Å²) in [5.74, 6) is 0.727. The van der Waals surface area contributed by atoms with E-state index in [1.807, 2.05) is 12.1 Å². The van der Waals surface area contributed by atoms with Crippen LogP contribution >= 0.6 is 0 Å². The van der Waals surface area contributed by atoms with E-state index in [-0.39, 0.29) is 17.7 Å². The number of piperidine rings is 1. The Balaban J connectivity index is 1.26. The van der Waals surface area contributed by atoms with Crippen LogP contribution in [-0.4, -0.2) is 61.3 Å². The molecule has 1 N–H and O–H groups in total. The van der Waals surface area contributed by atoms with Gasteiger partial charge in [0.05, 0.1) is 24.8 Å². The third kappa shape index (κ3) is 4.61. The van der Waals surface area contributed by atoms with Crippen molar-refractivity contribution >= 4 is 23.4 Å². The van der Waals surface area contributed by atoms with E-state index in [1.165, 1.54) is 12.6 Å². The van der Waals surface area contributed by atoms with Crippen molar-refractivity contribution in [3.8, 4) is 5.75 Å². The van der Waals surface area contributed by atoms with Crippen molar-refractivity contribution in [3.05, 3.63) is 59.2 Å². The number of ether oxygens (including phenoxy) is 1. The van der Waals surface area contributed by atoms with E-state index in [1.54, 1.807) is 25.3 Å². The van der Waals surface area contributed by atoms with Crippen LogP contribution in [0.25, 0.3) is 0 Å². The highest BCUT2D eigenvalue weighted by molar-refractivity contribution is 6.21. The first-order chi connectivity index (χ1) is 14.9. The van der Waals surface area contributed by atoms with Crippen LogP contribution in [0.15, 0.2) is 42.5 Å². The predicted octanol–water partition coefficient (Wildman–Crippen LogP) is 2.81. The summed E-state index contributed by atoms with van der Waals surface area (Å²) in [6, 6.07) is 13.1. The van der Waals surface area contributed by atoms with Gasteiger partial charge in [-0.3, -0.25) is 24.2 Å². The molecule has 162 valence electrons. The molecule has 31 heavy (non-hydrogen) atoms. The van der Waals surface area contributed by atoms with Gasteiger partial charge in [-0.05, 0) is 74.2 Å². The molecule has 0 unspecified atom stereocenters. The lowest BCUT2D eigenvalue weighted by atomic mass is 9.90. The lowest BCUT2D eigenvalue weighted by molar-refractivity contribution is -0.117. The topological polar surface area (TPSA) is 79.0 Å². The van der Waals surface area contributed by atoms with E-state index in [2.05, 4.69) is 22.3 Å². The average Bonchev–Trinajstić information content (AvgIpc) is 2.99. The minimum atomic E-state index is -0.338. The molecule has 0 aromatic heterocycles. The van der Waals surface area contributed by atoms with E-state index in [0.717, 1.165) is 43.0 Å². The Morgan fingerprint density at radius 1 is 1.03 bits per heavy atom. The second-order valence-electron chi connectivity index (χ2n) is 8.25. The Morgan fingerprint density at radius 2 is 1.71 bits per heavy atom. The predicted molar refractivity (Wildman–Crippen MR) is 117 cm³/mol. The van der Waals surface area contributed by atoms with Gasteiger partial charge in [0.15, 0.2) is 0 Å². The number of carbonyl (C=O) groups is 3. The molecule has 2 aliphatic rings. The van der Waals surface area contributed by atoms with E-state index in [4.69, 9.17) is 4.74 Å². The normalized spacial score (nSPS) is 17.0. The Hall–Kier alpha value is -3.19. The number of likely N-dealkylation sites (tertiary alicyclic amines) is 1. The van der Waals surface area contributed by atoms with Crippen LogP contribution in [0.4, 0.5) is 5.69 Å². The van der Waals surface area contributed by atoms with Gasteiger partial charge in [0, 0.05) is 12.7 Å². The van der Waals surface area contributed by atoms with Gasteiger partial charge in [-0.2, -0.15) is 0 Å². The molecule has 1 fully saturated rings. The lowest BCUT2D eigenvalue weighted by Crippen LogP contribution is -2.39. The van der Waals surface area contributed by atoms with Gasteiger partial charge in [0.25, 0.3) is 11.8 Å². The molecule has 2 heterocycles. The zero-order valence-electron chi connectivity index (χ0n) is 17.9. The molecule has 7 heteroatoms. The minimum Gasteiger partial charge on any atom is -0.497 e. The maximum absolute atomic E-state index is 12.5. The summed E-state index contributed by atoms with van der Waals surface area (Å²) in [6.07, 6.45) is 3.16. The SMILES string of the molecule is COc1ccc(CC2CCN(CC(=O)Nc3ccc4c(c3)C(=O)N(C)C4=O)CC2)cc1. The van der Waals surface area contributed by atoms with Gasteiger partial charge >= 0.3 is 0 Å². The Morgan fingerprint density at radius 3 is 2.39 bits per heavy atom. The number of carbonyl (C=O) groups excluding carboxylic acids is 3. The maximum atomic E-state index is 12.5. The van der Waals surface area contributed by atoms with Crippen LogP contribution in [0.2, 0.25) is 0 Å². The number of hydrogen-bond acceptors (Lipinski definition) is 5. The number of benzene rings is 2. The molecule has 7 nitrogen and oxygen atoms in total. The lowest BCUT2D eigenvalue weighted by Gasteiger charge is -2.31. The highest BCUT2D eigenvalue weighted by atomic mass is 16.5. The summed E-state index contributed by atoms with van der Waals surface area (Å²) in [6.45, 7) is 2.09. The van der Waals surface area contributed by atoms with Crippen molar-refractivity contribution in [2.75, 3.05) is 39.1 Å². The van der Waals surface area contributed by atoms with E-state index in [9.17, 15) is 14.4 Å². The number of amides is 3. The fourth-order valence-electron chi connectivity index (χ4n) is 4.29. The van der Waals surface area contributed by atoms with Gasteiger partial charge in [-0.1, -0.05) is 12.1 Å². The molecule has 0 bridgehead atoms. The third-order valence-corrected chi connectivity index (χ3v) is 6.13. The summed E-state index contributed by atoms with van der Waals surface area (Å²) in [7, 11) is 3.13. The summed E-state index contributed by atoms with van der Waals surface area (Å²) < 4.78 is 5.21. The summed E-state index contributed by atoms with van der Waals surface area (Å²) in [5, 5.41) is 2.86. The monoisotopic (exact) mass is 421 g/mol. The van der Waals surface area contributed by atoms with Crippen molar-refractivity contribution in [2.24, 2.45) is 5.92 Å². The van der Waals surface area contributed by atoms with Gasteiger partial charge in [0.1, 0.15) is 5.75 Å². The molecule has 0 spiro atoms. The number of fused-ring (bicyclic) bond motifs is 1. The molecule has 2 aliphatic heterocycles. The fourth-order valence-corrected chi connectivity index (χ4v) is 4.29. The van der Waals surface area contributed by atoms with E-state index in [0.29, 0.717) is 29.3 Å². The molecule has 1 saturated heterocycles. The zero-order valence-corrected chi connectivity index (χ0v) is 17.9. The van der Waals surface area contributed by atoms with Crippen molar-refractivity contribution in [3.63, 3.8) is 0 Å². The highest BCUT2D eigenvalue weighted by Gasteiger charge is 2.32. The largest absolute Gasteiger partial charge is 0.497 e. The van der Waals surface area contributed by atoms with Crippen LogP contribution in [-0.2, 0) is 11.2 Å². The van der Waals surface area contributed by atoms with Crippen LogP contribution < -0.4 is 10.1 Å². The van der Waals surface area contributed by atoms with Gasteiger partial charge in [-0.25, -0.2) is 0 Å². The van der Waals surface area contributed by atoms with Crippen molar-refractivity contribution in [1.82, 2.24) is 9.80 Å². The van der Waals surface area contributed by atoms with E-state index >= 15 is 0 Å². The van der Waals surface area contributed by atoms with Gasteiger partial charge in [-0.15, -0.1) is 0 Å². The Labute approximate surface area is 182 Å². The quantitative estimate of drug-likeness (QED) is 0.726. The van der Waals surface area contributed by atoms with Crippen molar-refractivity contribution in [2.45, 2.75) is 19.3 Å². The van der Waals surface area contributed by atoms with E-state index < -0.39 is 0 Å². The first-order valence-electron chi connectivity index (χ1n) is 10.6. The van der Waals surface area contributed by atoms with Gasteiger partial charge in [0.2, 0.25) is 5.91 Å². The second kappa shape index (κ2) is 8.89. The summed E-state index contributed by atoms with van der Waals surface area (Å²) in [5.41, 5.74) is 2.57. The molecular formula is C24H27N3O4. The smallest absolute Gasteiger partial charge is 0.261 e. The number of rotatable bonds is 6. The number of nitrogens with zero attached hydrogens (tertiary/aromatic N) is 2. The standard InChI is InChI=1S/C24H27N3O4/c1-26-23(29)20-8-5-18(14-21(20)24(26)30)25-22(28)15-27-11-9-17(10-12-27)13-16-3-6-19(31-2)7-4-16/h3-8,14,17H,9-13,15H2,1-2H3,(H,25,28). The first kappa shape index (κ1) is 21.1. The summed E-state index contributed by atoms with van der Waals surface area (Å²) >= 11 is 0. The Bertz CT molecular complexity index is 994. The van der Waals surface area contributed by atoms with Crippen molar-refractivity contribution < 1.29 is 19.1 Å². The molecule has 0 aliphatic carbocycles. The number of nitrogens with one attached hydrogen (secondary N) is 1. The molecule has 0 atom stereocenters. The maximum Gasteiger partial charge on any atom is 0.261 e. The molecule has 0 saturated carbocycles. The molecule has 4 rings (SSSR count). The van der Waals surface area contributed by atoms with Crippen LogP contribution in [0, 0.1) is 5.92 Å². The molecule has 3 amide bonds. The first-order valence-corrected chi connectivity index (χ1v) is 10.6. The van der Waals surface area contributed by atoms with Crippen LogP contribution in [0.5, 0.6) is 5.75 Å². The van der Waals surface area contributed by atoms with Crippen molar-refractivity contribution in [1.29, 1.82) is 0 Å². The molecule has 2 aromatic rings. The number of imide groups is 1. The zero-order chi connectivity index (χ0) is 22.0.